The average Bonchev–Trinajstić information content (AvgIpc) is 2.63. The predicted octanol–water partition coefficient (Wildman–Crippen LogP) is 0.850. The van der Waals surface area contributed by atoms with Gasteiger partial charge in [0.05, 0.1) is 7.11 Å². The summed E-state index contributed by atoms with van der Waals surface area (Å²) in [7, 11) is -1.09. The smallest absolute Gasteiger partial charge is 0.331 e. The van der Waals surface area contributed by atoms with Crippen molar-refractivity contribution in [3.63, 3.8) is 0 Å². The molecule has 0 saturated carbocycles. The van der Waals surface area contributed by atoms with E-state index < -0.39 is 28.0 Å². The van der Waals surface area contributed by atoms with Gasteiger partial charge in [-0.3, -0.25) is 4.79 Å². The number of amides is 1. The van der Waals surface area contributed by atoms with Crippen LogP contribution in [0.4, 0.5) is 0 Å². The Morgan fingerprint density at radius 1 is 1.35 bits per heavy atom. The molecule has 1 aromatic rings. The molecule has 0 aromatic heterocycles. The molecule has 2 N–H and O–H groups in total. The number of carbonyl (C=O) groups is 2. The van der Waals surface area contributed by atoms with E-state index in [-0.39, 0.29) is 17.2 Å². The van der Waals surface area contributed by atoms with E-state index in [1.165, 1.54) is 45.4 Å². The lowest BCUT2D eigenvalue weighted by molar-refractivity contribution is -0.150. The Morgan fingerprint density at radius 3 is 2.62 bits per heavy atom. The van der Waals surface area contributed by atoms with Crippen LogP contribution in [0.3, 0.4) is 0 Å². The number of benzene rings is 1. The number of nitrogens with one attached hydrogen (secondary N) is 2. The quantitative estimate of drug-likeness (QED) is 0.372. The summed E-state index contributed by atoms with van der Waals surface area (Å²) in [5.74, 6) is -1.01. The minimum atomic E-state index is -3.73. The normalized spacial score (nSPS) is 12.4. The van der Waals surface area contributed by atoms with E-state index in [9.17, 15) is 18.0 Å². The highest BCUT2D eigenvalue weighted by Gasteiger charge is 2.18. The molecule has 0 heterocycles. The summed E-state index contributed by atoms with van der Waals surface area (Å²) in [4.78, 5) is 23.4. The van der Waals surface area contributed by atoms with Crippen LogP contribution in [0.2, 0.25) is 0 Å². The lowest BCUT2D eigenvalue weighted by atomic mass is 10.2. The molecule has 0 spiro atoms. The van der Waals surface area contributed by atoms with Crippen LogP contribution < -0.4 is 14.8 Å². The molecule has 0 unspecified atom stereocenters. The highest BCUT2D eigenvalue weighted by atomic mass is 32.2. The van der Waals surface area contributed by atoms with Gasteiger partial charge in [-0.1, -0.05) is 12.1 Å². The first-order chi connectivity index (χ1) is 12.2. The summed E-state index contributed by atoms with van der Waals surface area (Å²) in [6.07, 6.45) is 3.02. The lowest BCUT2D eigenvalue weighted by Crippen LogP contribution is -2.35. The highest BCUT2D eigenvalue weighted by molar-refractivity contribution is 7.89. The van der Waals surface area contributed by atoms with Crippen LogP contribution in [-0.4, -0.2) is 47.1 Å². The maximum Gasteiger partial charge on any atom is 0.331 e. The van der Waals surface area contributed by atoms with Gasteiger partial charge in [0.1, 0.15) is 10.6 Å². The van der Waals surface area contributed by atoms with Gasteiger partial charge < -0.3 is 14.8 Å². The molecule has 0 aliphatic carbocycles. The standard InChI is InChI=1S/C17H22N2O6S/c1-5-10-19-17(21)12(2)25-16(20)9-7-13-6-8-14(24-4)15(11-13)26(22,23)18-3/h5-9,11-12,18H,1,10H2,2-4H3,(H,19,21)/b9-7+/t12-/m0/s1. The molecule has 0 fully saturated rings. The fourth-order valence-electron chi connectivity index (χ4n) is 1.86. The molecule has 0 aliphatic heterocycles. The monoisotopic (exact) mass is 382 g/mol. The third-order valence-electron chi connectivity index (χ3n) is 3.24. The summed E-state index contributed by atoms with van der Waals surface area (Å²) in [5, 5.41) is 2.51. The molecule has 1 aromatic carbocycles. The van der Waals surface area contributed by atoms with Crippen LogP contribution in [0.25, 0.3) is 6.08 Å². The third kappa shape index (κ3) is 6.01. The van der Waals surface area contributed by atoms with Crippen LogP contribution in [-0.2, 0) is 24.3 Å². The van der Waals surface area contributed by atoms with Crippen LogP contribution in [0.1, 0.15) is 12.5 Å². The maximum absolute atomic E-state index is 12.0. The molecule has 0 saturated heterocycles. The fourth-order valence-corrected chi connectivity index (χ4v) is 2.79. The summed E-state index contributed by atoms with van der Waals surface area (Å²) in [6.45, 7) is 5.18. The van der Waals surface area contributed by atoms with E-state index >= 15 is 0 Å². The van der Waals surface area contributed by atoms with E-state index in [0.29, 0.717) is 5.56 Å². The van der Waals surface area contributed by atoms with Crippen molar-refractivity contribution in [2.24, 2.45) is 0 Å². The molecular formula is C17H22N2O6S. The molecule has 142 valence electrons. The van der Waals surface area contributed by atoms with Crippen LogP contribution in [0.5, 0.6) is 5.75 Å². The Hall–Kier alpha value is -2.65. The van der Waals surface area contributed by atoms with Gasteiger partial charge in [-0.05, 0) is 37.7 Å². The number of methoxy groups -OCH3 is 1. The van der Waals surface area contributed by atoms with E-state index in [2.05, 4.69) is 16.6 Å². The van der Waals surface area contributed by atoms with Gasteiger partial charge >= 0.3 is 5.97 Å². The molecule has 26 heavy (non-hydrogen) atoms. The molecule has 0 aliphatic rings. The molecule has 1 amide bonds. The first-order valence-corrected chi connectivity index (χ1v) is 9.12. The summed E-state index contributed by atoms with van der Waals surface area (Å²) >= 11 is 0. The number of hydrogen-bond acceptors (Lipinski definition) is 6. The second kappa shape index (κ2) is 9.73. The van der Waals surface area contributed by atoms with Gasteiger partial charge in [-0.25, -0.2) is 17.9 Å². The van der Waals surface area contributed by atoms with E-state index in [1.807, 2.05) is 0 Å². The number of carbonyl (C=O) groups excluding carboxylic acids is 2. The highest BCUT2D eigenvalue weighted by Crippen LogP contribution is 2.25. The largest absolute Gasteiger partial charge is 0.495 e. The maximum atomic E-state index is 12.0. The van der Waals surface area contributed by atoms with E-state index in [1.54, 1.807) is 6.07 Å². The lowest BCUT2D eigenvalue weighted by Gasteiger charge is -2.11. The van der Waals surface area contributed by atoms with Crippen molar-refractivity contribution in [1.82, 2.24) is 10.0 Å². The van der Waals surface area contributed by atoms with Gasteiger partial charge in [-0.15, -0.1) is 6.58 Å². The van der Waals surface area contributed by atoms with Gasteiger partial charge in [0, 0.05) is 12.6 Å². The van der Waals surface area contributed by atoms with Crippen molar-refractivity contribution in [2.75, 3.05) is 20.7 Å². The number of ether oxygens (including phenoxy) is 2. The Labute approximate surface area is 152 Å². The Balaban J connectivity index is 2.88. The second-order valence-electron chi connectivity index (χ2n) is 5.06. The predicted molar refractivity (Wildman–Crippen MR) is 97.0 cm³/mol. The van der Waals surface area contributed by atoms with Gasteiger partial charge in [0.15, 0.2) is 6.10 Å². The van der Waals surface area contributed by atoms with Crippen molar-refractivity contribution >= 4 is 28.0 Å². The minimum Gasteiger partial charge on any atom is -0.495 e. The molecule has 0 bridgehead atoms. The Bertz CT molecular complexity index is 801. The van der Waals surface area contributed by atoms with Crippen molar-refractivity contribution < 1.29 is 27.5 Å². The minimum absolute atomic E-state index is 0.0600. The molecular weight excluding hydrogens is 360 g/mol. The Morgan fingerprint density at radius 2 is 2.04 bits per heavy atom. The zero-order valence-corrected chi connectivity index (χ0v) is 15.6. The van der Waals surface area contributed by atoms with Crippen molar-refractivity contribution in [2.45, 2.75) is 17.9 Å². The fraction of sp³-hybridized carbons (Fsp3) is 0.294. The van der Waals surface area contributed by atoms with Crippen LogP contribution in [0.15, 0.2) is 41.8 Å². The SMILES string of the molecule is C=CCNC(=O)[C@H](C)OC(=O)/C=C/c1ccc(OC)c(S(=O)(=O)NC)c1. The van der Waals surface area contributed by atoms with Crippen LogP contribution in [0, 0.1) is 0 Å². The summed E-state index contributed by atoms with van der Waals surface area (Å²) < 4.78 is 36.2. The average molecular weight is 382 g/mol. The van der Waals surface area contributed by atoms with Crippen molar-refractivity contribution in [3.8, 4) is 5.75 Å². The summed E-state index contributed by atoms with van der Waals surface area (Å²) in [5.41, 5.74) is 0.445. The van der Waals surface area contributed by atoms with Gasteiger partial charge in [0.2, 0.25) is 10.0 Å². The second-order valence-corrected chi connectivity index (χ2v) is 6.92. The van der Waals surface area contributed by atoms with E-state index in [0.717, 1.165) is 6.08 Å². The topological polar surface area (TPSA) is 111 Å². The third-order valence-corrected chi connectivity index (χ3v) is 4.68. The molecule has 1 atom stereocenters. The number of sulfonamides is 1. The van der Waals surface area contributed by atoms with Crippen LogP contribution >= 0.6 is 0 Å². The molecule has 0 radical (unpaired) electrons. The molecule has 9 heteroatoms. The number of rotatable bonds is 9. The summed E-state index contributed by atoms with van der Waals surface area (Å²) in [6, 6.07) is 4.41. The van der Waals surface area contributed by atoms with Gasteiger partial charge in [0.25, 0.3) is 5.91 Å². The zero-order chi connectivity index (χ0) is 19.7. The first-order valence-electron chi connectivity index (χ1n) is 7.64. The first kappa shape index (κ1) is 21.4. The Kier molecular flexibility index (Phi) is 8.01. The molecule has 8 nitrogen and oxygen atoms in total. The molecule has 1 rings (SSSR count). The van der Waals surface area contributed by atoms with Gasteiger partial charge in [-0.2, -0.15) is 0 Å². The number of hydrogen-bond donors (Lipinski definition) is 2. The van der Waals surface area contributed by atoms with Crippen molar-refractivity contribution in [3.05, 3.63) is 42.5 Å². The van der Waals surface area contributed by atoms with E-state index in [4.69, 9.17) is 9.47 Å². The zero-order valence-electron chi connectivity index (χ0n) is 14.8. The number of esters is 1. The van der Waals surface area contributed by atoms with Crippen molar-refractivity contribution in [1.29, 1.82) is 0 Å².